The number of hydrogen-bond donors (Lipinski definition) is 0. The standard InChI is InChI=1S/C13H20IN3O/c1-2-16-5-6-17-11(9-16)12(14)15-13(17)10-3-7-18-8-4-10/h10H,2-9H2,1H3. The normalized spacial score (nSPS) is 22.1. The van der Waals surface area contributed by atoms with Gasteiger partial charge in [-0.2, -0.15) is 0 Å². The highest BCUT2D eigenvalue weighted by Gasteiger charge is 2.27. The summed E-state index contributed by atoms with van der Waals surface area (Å²) in [5, 5.41) is 0. The Morgan fingerprint density at radius 3 is 2.83 bits per heavy atom. The summed E-state index contributed by atoms with van der Waals surface area (Å²) in [6, 6.07) is 0. The van der Waals surface area contributed by atoms with Crippen molar-refractivity contribution in [3.8, 4) is 0 Å². The van der Waals surface area contributed by atoms with Crippen LogP contribution in [0.25, 0.3) is 0 Å². The Bertz CT molecular complexity index is 426. The van der Waals surface area contributed by atoms with Crippen LogP contribution in [0.5, 0.6) is 0 Å². The molecule has 1 aromatic rings. The maximum absolute atomic E-state index is 5.46. The van der Waals surface area contributed by atoms with Gasteiger partial charge in [-0.05, 0) is 42.0 Å². The monoisotopic (exact) mass is 361 g/mol. The first kappa shape index (κ1) is 12.9. The first-order chi connectivity index (χ1) is 8.79. The van der Waals surface area contributed by atoms with Crippen molar-refractivity contribution in [3.63, 3.8) is 0 Å². The smallest absolute Gasteiger partial charge is 0.124 e. The average Bonchev–Trinajstić information content (AvgIpc) is 2.77. The highest BCUT2D eigenvalue weighted by atomic mass is 127. The predicted octanol–water partition coefficient (Wildman–Crippen LogP) is 2.22. The van der Waals surface area contributed by atoms with E-state index in [-0.39, 0.29) is 0 Å². The van der Waals surface area contributed by atoms with E-state index in [9.17, 15) is 0 Å². The van der Waals surface area contributed by atoms with Gasteiger partial charge in [0.1, 0.15) is 9.53 Å². The summed E-state index contributed by atoms with van der Waals surface area (Å²) in [7, 11) is 0. The Balaban J connectivity index is 1.88. The minimum Gasteiger partial charge on any atom is -0.381 e. The second kappa shape index (κ2) is 5.46. The van der Waals surface area contributed by atoms with Crippen molar-refractivity contribution in [2.75, 3.05) is 26.3 Å². The van der Waals surface area contributed by atoms with Gasteiger partial charge in [-0.25, -0.2) is 4.98 Å². The molecular weight excluding hydrogens is 341 g/mol. The van der Waals surface area contributed by atoms with Crippen LogP contribution in [-0.4, -0.2) is 40.8 Å². The fraction of sp³-hybridized carbons (Fsp3) is 0.769. The Labute approximate surface area is 122 Å². The van der Waals surface area contributed by atoms with E-state index in [1.165, 1.54) is 15.2 Å². The van der Waals surface area contributed by atoms with E-state index in [2.05, 4.69) is 39.0 Å². The molecule has 0 unspecified atom stereocenters. The predicted molar refractivity (Wildman–Crippen MR) is 78.7 cm³/mol. The molecule has 0 N–H and O–H groups in total. The quantitative estimate of drug-likeness (QED) is 0.757. The van der Waals surface area contributed by atoms with Gasteiger partial charge < -0.3 is 9.30 Å². The van der Waals surface area contributed by atoms with E-state index in [1.807, 2.05) is 0 Å². The summed E-state index contributed by atoms with van der Waals surface area (Å²) < 4.78 is 9.14. The number of hydrogen-bond acceptors (Lipinski definition) is 3. The number of nitrogens with zero attached hydrogens (tertiary/aromatic N) is 3. The van der Waals surface area contributed by atoms with E-state index in [0.717, 1.165) is 52.2 Å². The van der Waals surface area contributed by atoms with Gasteiger partial charge in [0.05, 0.1) is 5.69 Å². The highest BCUT2D eigenvalue weighted by molar-refractivity contribution is 14.1. The fourth-order valence-electron chi connectivity index (χ4n) is 2.94. The largest absolute Gasteiger partial charge is 0.381 e. The van der Waals surface area contributed by atoms with Crippen LogP contribution in [0.15, 0.2) is 0 Å². The lowest BCUT2D eigenvalue weighted by atomic mass is 9.99. The third-order valence-electron chi connectivity index (χ3n) is 4.10. The van der Waals surface area contributed by atoms with E-state index in [0.29, 0.717) is 5.92 Å². The number of halogens is 1. The molecule has 1 fully saturated rings. The maximum atomic E-state index is 5.46. The third kappa shape index (κ3) is 2.32. The number of aromatic nitrogens is 2. The number of rotatable bonds is 2. The summed E-state index contributed by atoms with van der Waals surface area (Å²) in [4.78, 5) is 7.35. The van der Waals surface area contributed by atoms with Crippen molar-refractivity contribution in [2.45, 2.75) is 38.8 Å². The molecule has 0 spiro atoms. The molecule has 0 bridgehead atoms. The van der Waals surface area contributed by atoms with Crippen LogP contribution in [0, 0.1) is 3.70 Å². The second-order valence-electron chi connectivity index (χ2n) is 5.11. The van der Waals surface area contributed by atoms with Gasteiger partial charge in [0, 0.05) is 38.8 Å². The molecular formula is C13H20IN3O. The lowest BCUT2D eigenvalue weighted by molar-refractivity contribution is 0.0822. The molecule has 1 saturated heterocycles. The molecule has 4 nitrogen and oxygen atoms in total. The van der Waals surface area contributed by atoms with Gasteiger partial charge in [-0.3, -0.25) is 4.90 Å². The first-order valence-corrected chi connectivity index (χ1v) is 7.92. The van der Waals surface area contributed by atoms with Crippen LogP contribution in [0.2, 0.25) is 0 Å². The van der Waals surface area contributed by atoms with Crippen LogP contribution in [-0.2, 0) is 17.8 Å². The summed E-state index contributed by atoms with van der Waals surface area (Å²) in [6.07, 6.45) is 2.26. The van der Waals surface area contributed by atoms with Crippen molar-refractivity contribution in [1.29, 1.82) is 0 Å². The van der Waals surface area contributed by atoms with Gasteiger partial charge in [-0.1, -0.05) is 6.92 Å². The highest BCUT2D eigenvalue weighted by Crippen LogP contribution is 2.30. The fourth-order valence-corrected chi connectivity index (χ4v) is 3.65. The van der Waals surface area contributed by atoms with Crippen molar-refractivity contribution in [2.24, 2.45) is 0 Å². The van der Waals surface area contributed by atoms with Crippen molar-refractivity contribution in [3.05, 3.63) is 15.2 Å². The molecule has 0 atom stereocenters. The molecule has 0 amide bonds. The number of likely N-dealkylation sites (N-methyl/N-ethyl adjacent to an activating group) is 1. The topological polar surface area (TPSA) is 30.3 Å². The van der Waals surface area contributed by atoms with E-state index in [1.54, 1.807) is 0 Å². The molecule has 5 heteroatoms. The van der Waals surface area contributed by atoms with Crippen LogP contribution < -0.4 is 0 Å². The van der Waals surface area contributed by atoms with Crippen LogP contribution in [0.1, 0.15) is 37.2 Å². The summed E-state index contributed by atoms with van der Waals surface area (Å²) >= 11 is 2.40. The molecule has 1 aromatic heterocycles. The van der Waals surface area contributed by atoms with Crippen LogP contribution in [0.4, 0.5) is 0 Å². The van der Waals surface area contributed by atoms with E-state index < -0.39 is 0 Å². The van der Waals surface area contributed by atoms with E-state index in [4.69, 9.17) is 9.72 Å². The SMILES string of the molecule is CCN1CCn2c(C3CCOCC3)nc(I)c2C1. The molecule has 3 rings (SSSR count). The zero-order valence-electron chi connectivity index (χ0n) is 10.9. The third-order valence-corrected chi connectivity index (χ3v) is 4.96. The summed E-state index contributed by atoms with van der Waals surface area (Å²) in [6.45, 7) is 8.48. The molecule has 2 aliphatic rings. The van der Waals surface area contributed by atoms with Crippen LogP contribution in [0.3, 0.4) is 0 Å². The maximum Gasteiger partial charge on any atom is 0.124 e. The minimum absolute atomic E-state index is 0.606. The first-order valence-electron chi connectivity index (χ1n) is 6.84. The molecule has 3 heterocycles. The van der Waals surface area contributed by atoms with Crippen molar-refractivity contribution >= 4 is 22.6 Å². The van der Waals surface area contributed by atoms with Gasteiger partial charge in [0.2, 0.25) is 0 Å². The van der Waals surface area contributed by atoms with Gasteiger partial charge >= 0.3 is 0 Å². The zero-order valence-corrected chi connectivity index (χ0v) is 13.0. The lowest BCUT2D eigenvalue weighted by Crippen LogP contribution is -2.34. The van der Waals surface area contributed by atoms with Crippen molar-refractivity contribution < 1.29 is 4.74 Å². The summed E-state index contributed by atoms with van der Waals surface area (Å²) in [5.41, 5.74) is 1.42. The summed E-state index contributed by atoms with van der Waals surface area (Å²) in [5.74, 6) is 1.92. The van der Waals surface area contributed by atoms with Crippen molar-refractivity contribution in [1.82, 2.24) is 14.5 Å². The molecule has 0 aliphatic carbocycles. The molecule has 100 valence electrons. The second-order valence-corrected chi connectivity index (χ2v) is 6.14. The van der Waals surface area contributed by atoms with Gasteiger partial charge in [0.25, 0.3) is 0 Å². The van der Waals surface area contributed by atoms with Gasteiger partial charge in [-0.15, -0.1) is 0 Å². The zero-order chi connectivity index (χ0) is 12.5. The van der Waals surface area contributed by atoms with E-state index >= 15 is 0 Å². The molecule has 0 radical (unpaired) electrons. The Kier molecular flexibility index (Phi) is 3.91. The average molecular weight is 361 g/mol. The van der Waals surface area contributed by atoms with Gasteiger partial charge in [0.15, 0.2) is 0 Å². The molecule has 0 aromatic carbocycles. The molecule has 2 aliphatic heterocycles. The molecule has 0 saturated carbocycles. The number of ether oxygens (including phenoxy) is 1. The number of fused-ring (bicyclic) bond motifs is 1. The Morgan fingerprint density at radius 1 is 1.33 bits per heavy atom. The minimum atomic E-state index is 0.606. The molecule has 18 heavy (non-hydrogen) atoms. The van der Waals surface area contributed by atoms with Crippen LogP contribution >= 0.6 is 22.6 Å². The number of imidazole rings is 1. The Morgan fingerprint density at radius 2 is 2.11 bits per heavy atom. The Hall–Kier alpha value is -0.140. The lowest BCUT2D eigenvalue weighted by Gasteiger charge is -2.30.